The molecule has 5 nitrogen and oxygen atoms in total. The van der Waals surface area contributed by atoms with Crippen LogP contribution in [0.3, 0.4) is 0 Å². The Morgan fingerprint density at radius 3 is 2.64 bits per heavy atom. The highest BCUT2D eigenvalue weighted by Crippen LogP contribution is 2.43. The maximum Gasteiger partial charge on any atom is 0.453 e. The van der Waals surface area contributed by atoms with E-state index in [0.717, 1.165) is 5.56 Å². The van der Waals surface area contributed by atoms with E-state index in [0.29, 0.717) is 12.1 Å². The topological polar surface area (TPSA) is 59.8 Å². The minimum Gasteiger partial charge on any atom is -0.328 e. The summed E-state index contributed by atoms with van der Waals surface area (Å²) >= 11 is 0. The second-order valence-corrected chi connectivity index (χ2v) is 6.43. The fraction of sp³-hybridized carbons (Fsp3) is 0.353. The average Bonchev–Trinajstić information content (AvgIpc) is 2.97. The number of carbonyl (C=O) groups is 1. The van der Waals surface area contributed by atoms with E-state index in [4.69, 9.17) is 0 Å². The molecule has 25 heavy (non-hydrogen) atoms. The van der Waals surface area contributed by atoms with Crippen LogP contribution in [0, 0.1) is 11.8 Å². The number of alkyl halides is 3. The molecule has 4 rings (SSSR count). The molecular weight excluding hydrogens is 333 g/mol. The van der Waals surface area contributed by atoms with E-state index < -0.39 is 24.0 Å². The largest absolute Gasteiger partial charge is 0.453 e. The molecule has 2 heterocycles. The molecule has 0 fully saturated rings. The average molecular weight is 348 g/mol. The standard InChI is InChI=1S/C17H15F3N4O/c1-9-7-11-13(12(25)8-9)14(10-5-3-2-4-6-10)24-16(21-11)22-15(23-24)17(18,19)20/h2-7,9,13-14H,8H2,1H3,(H,21,22,23)/t9-,13+,14+/m1/s1. The van der Waals surface area contributed by atoms with Crippen LogP contribution in [0.1, 0.15) is 30.8 Å². The van der Waals surface area contributed by atoms with E-state index in [2.05, 4.69) is 15.4 Å². The lowest BCUT2D eigenvalue weighted by atomic mass is 9.78. The van der Waals surface area contributed by atoms with Crippen LogP contribution in [0.25, 0.3) is 0 Å². The summed E-state index contributed by atoms with van der Waals surface area (Å²) in [5.74, 6) is -1.78. The van der Waals surface area contributed by atoms with Crippen molar-refractivity contribution < 1.29 is 18.0 Å². The highest BCUT2D eigenvalue weighted by Gasteiger charge is 2.45. The Balaban J connectivity index is 1.91. The first-order valence-electron chi connectivity index (χ1n) is 7.94. The van der Waals surface area contributed by atoms with Gasteiger partial charge in [0.2, 0.25) is 5.95 Å². The molecule has 0 saturated heterocycles. The molecule has 0 spiro atoms. The Morgan fingerprint density at radius 2 is 1.96 bits per heavy atom. The van der Waals surface area contributed by atoms with Crippen molar-refractivity contribution in [3.8, 4) is 0 Å². The molecule has 1 aromatic carbocycles. The van der Waals surface area contributed by atoms with Crippen LogP contribution in [0.5, 0.6) is 0 Å². The Kier molecular flexibility index (Phi) is 3.45. The van der Waals surface area contributed by atoms with Gasteiger partial charge in [0.1, 0.15) is 5.78 Å². The molecule has 3 atom stereocenters. The molecule has 1 aliphatic carbocycles. The van der Waals surface area contributed by atoms with Gasteiger partial charge in [-0.1, -0.05) is 43.3 Å². The maximum atomic E-state index is 13.1. The van der Waals surface area contributed by atoms with Gasteiger partial charge in [-0.15, -0.1) is 5.10 Å². The zero-order chi connectivity index (χ0) is 17.8. The van der Waals surface area contributed by atoms with Crippen LogP contribution in [0.4, 0.5) is 19.1 Å². The van der Waals surface area contributed by atoms with E-state index in [-0.39, 0.29) is 17.6 Å². The van der Waals surface area contributed by atoms with Gasteiger partial charge in [-0.25, -0.2) is 4.68 Å². The third-order valence-corrected chi connectivity index (χ3v) is 4.53. The second-order valence-electron chi connectivity index (χ2n) is 6.43. The van der Waals surface area contributed by atoms with Crippen LogP contribution in [-0.2, 0) is 11.0 Å². The Morgan fingerprint density at radius 1 is 1.24 bits per heavy atom. The van der Waals surface area contributed by atoms with Crippen molar-refractivity contribution in [2.75, 3.05) is 5.32 Å². The molecule has 130 valence electrons. The molecule has 8 heteroatoms. The highest BCUT2D eigenvalue weighted by molar-refractivity contribution is 5.87. The Labute approximate surface area is 141 Å². The van der Waals surface area contributed by atoms with Crippen LogP contribution >= 0.6 is 0 Å². The number of aromatic nitrogens is 3. The number of nitrogens with one attached hydrogen (secondary N) is 1. The number of allylic oxidation sites excluding steroid dienone is 2. The molecule has 1 aromatic heterocycles. The van der Waals surface area contributed by atoms with Crippen molar-refractivity contribution >= 4 is 11.7 Å². The number of benzene rings is 1. The van der Waals surface area contributed by atoms with Crippen LogP contribution in [0.2, 0.25) is 0 Å². The van der Waals surface area contributed by atoms with Crippen LogP contribution in [0.15, 0.2) is 42.1 Å². The van der Waals surface area contributed by atoms with Gasteiger partial charge in [0.25, 0.3) is 5.82 Å². The second kappa shape index (κ2) is 5.44. The van der Waals surface area contributed by atoms with Crippen molar-refractivity contribution in [1.29, 1.82) is 0 Å². The quantitative estimate of drug-likeness (QED) is 0.858. The lowest BCUT2D eigenvalue weighted by molar-refractivity contribution is -0.145. The van der Waals surface area contributed by atoms with E-state index >= 15 is 0 Å². The SMILES string of the molecule is C[C@@H]1C=C2Nc3nc(C(F)(F)F)nn3[C@@H](c3ccccc3)[C@@H]2C(=O)C1. The molecule has 2 aliphatic rings. The van der Waals surface area contributed by atoms with Gasteiger partial charge >= 0.3 is 6.18 Å². The predicted molar refractivity (Wildman–Crippen MR) is 83.6 cm³/mol. The van der Waals surface area contributed by atoms with E-state index in [1.54, 1.807) is 24.3 Å². The Hall–Kier alpha value is -2.64. The summed E-state index contributed by atoms with van der Waals surface area (Å²) in [6.07, 6.45) is -2.40. The number of rotatable bonds is 1. The third kappa shape index (κ3) is 2.61. The van der Waals surface area contributed by atoms with Crippen molar-refractivity contribution in [3.05, 3.63) is 53.5 Å². The first-order chi connectivity index (χ1) is 11.8. The van der Waals surface area contributed by atoms with Gasteiger partial charge in [-0.05, 0) is 11.5 Å². The van der Waals surface area contributed by atoms with Crippen LogP contribution < -0.4 is 5.32 Å². The summed E-state index contributed by atoms with van der Waals surface area (Å²) in [5, 5.41) is 6.54. The van der Waals surface area contributed by atoms with E-state index in [9.17, 15) is 18.0 Å². The minimum atomic E-state index is -4.65. The number of carbonyl (C=O) groups excluding carboxylic acids is 1. The number of ketones is 1. The minimum absolute atomic E-state index is 0.00516. The van der Waals surface area contributed by atoms with Crippen LogP contribution in [-0.4, -0.2) is 20.5 Å². The summed E-state index contributed by atoms with van der Waals surface area (Å²) < 4.78 is 40.4. The number of hydrogen-bond donors (Lipinski definition) is 1. The summed E-state index contributed by atoms with van der Waals surface area (Å²) in [5.41, 5.74) is 1.33. The monoisotopic (exact) mass is 348 g/mol. The molecule has 1 aliphatic heterocycles. The fourth-order valence-electron chi connectivity index (χ4n) is 3.53. The number of hydrogen-bond acceptors (Lipinski definition) is 4. The first kappa shape index (κ1) is 15.9. The van der Waals surface area contributed by atoms with Crippen molar-refractivity contribution in [2.24, 2.45) is 11.8 Å². The zero-order valence-electron chi connectivity index (χ0n) is 13.3. The summed E-state index contributed by atoms with van der Waals surface area (Å²) in [4.78, 5) is 16.3. The normalized spacial score (nSPS) is 25.7. The summed E-state index contributed by atoms with van der Waals surface area (Å²) in [6.45, 7) is 1.90. The highest BCUT2D eigenvalue weighted by atomic mass is 19.4. The molecule has 0 saturated carbocycles. The number of nitrogens with zero attached hydrogens (tertiary/aromatic N) is 3. The smallest absolute Gasteiger partial charge is 0.328 e. The molecule has 0 radical (unpaired) electrons. The number of fused-ring (bicyclic) bond motifs is 2. The van der Waals surface area contributed by atoms with Gasteiger partial charge < -0.3 is 5.32 Å². The molecular formula is C17H15F3N4O. The Bertz CT molecular complexity index is 857. The number of halogens is 3. The van der Waals surface area contributed by atoms with Crippen molar-refractivity contribution in [1.82, 2.24) is 14.8 Å². The van der Waals surface area contributed by atoms with Gasteiger partial charge in [0, 0.05) is 12.1 Å². The van der Waals surface area contributed by atoms with E-state index in [1.165, 1.54) is 4.68 Å². The van der Waals surface area contributed by atoms with E-state index in [1.807, 2.05) is 19.1 Å². The fourth-order valence-corrected chi connectivity index (χ4v) is 3.53. The molecule has 0 bridgehead atoms. The molecule has 0 amide bonds. The predicted octanol–water partition coefficient (Wildman–Crippen LogP) is 3.42. The van der Waals surface area contributed by atoms with Gasteiger partial charge in [0.05, 0.1) is 12.0 Å². The molecule has 2 aromatic rings. The maximum absolute atomic E-state index is 13.1. The molecule has 1 N–H and O–H groups in total. The number of Topliss-reactive ketones (excluding diaryl/α,β-unsaturated/α-hetero) is 1. The first-order valence-corrected chi connectivity index (χ1v) is 7.94. The van der Waals surface area contributed by atoms with Gasteiger partial charge in [-0.3, -0.25) is 4.79 Å². The zero-order valence-corrected chi connectivity index (χ0v) is 13.3. The summed E-state index contributed by atoms with van der Waals surface area (Å²) in [7, 11) is 0. The lowest BCUT2D eigenvalue weighted by Crippen LogP contribution is -2.40. The van der Waals surface area contributed by atoms with Gasteiger partial charge in [0.15, 0.2) is 0 Å². The lowest BCUT2D eigenvalue weighted by Gasteiger charge is -2.37. The van der Waals surface area contributed by atoms with Gasteiger partial charge in [-0.2, -0.15) is 18.2 Å². The summed E-state index contributed by atoms with van der Waals surface area (Å²) in [6, 6.07) is 8.33. The molecule has 0 unspecified atom stereocenters. The number of anilines is 1. The van der Waals surface area contributed by atoms with Crippen molar-refractivity contribution in [2.45, 2.75) is 25.6 Å². The third-order valence-electron chi connectivity index (χ3n) is 4.53. The van der Waals surface area contributed by atoms with Crippen molar-refractivity contribution in [3.63, 3.8) is 0 Å².